The maximum atomic E-state index is 11.8. The fourth-order valence-electron chi connectivity index (χ4n) is 1.80. The molecule has 0 aliphatic carbocycles. The van der Waals surface area contributed by atoms with Crippen LogP contribution in [0.5, 0.6) is 0 Å². The molecule has 0 aliphatic rings. The summed E-state index contributed by atoms with van der Waals surface area (Å²) in [6.07, 6.45) is 0. The zero-order chi connectivity index (χ0) is 14.3. The maximum Gasteiger partial charge on any atom is 0.338 e. The van der Waals surface area contributed by atoms with Crippen LogP contribution < -0.4 is 4.90 Å². The molecule has 0 fully saturated rings. The predicted molar refractivity (Wildman–Crippen MR) is 78.8 cm³/mol. The normalized spacial score (nSPS) is 10.6. The van der Waals surface area contributed by atoms with E-state index in [1.807, 2.05) is 43.3 Å². The Labute approximate surface area is 116 Å². The molecular weight excluding hydrogens is 240 g/mol. The van der Waals surface area contributed by atoms with Crippen molar-refractivity contribution < 1.29 is 9.53 Å². The van der Waals surface area contributed by atoms with Gasteiger partial charge in [-0.25, -0.2) is 4.79 Å². The van der Waals surface area contributed by atoms with Crippen molar-refractivity contribution >= 4 is 11.7 Å². The van der Waals surface area contributed by atoms with Crippen molar-refractivity contribution in [3.8, 4) is 0 Å². The second kappa shape index (κ2) is 7.79. The zero-order valence-corrected chi connectivity index (χ0v) is 12.3. The summed E-state index contributed by atoms with van der Waals surface area (Å²) < 4.78 is 5.20. The Morgan fingerprint density at radius 3 is 2.16 bits per heavy atom. The number of benzene rings is 1. The highest BCUT2D eigenvalue weighted by Crippen LogP contribution is 2.15. The topological polar surface area (TPSA) is 32.8 Å². The molecule has 4 heteroatoms. The van der Waals surface area contributed by atoms with E-state index in [1.165, 1.54) is 0 Å². The average molecular weight is 264 g/mol. The van der Waals surface area contributed by atoms with Gasteiger partial charge in [0.05, 0.1) is 5.56 Å². The van der Waals surface area contributed by atoms with E-state index >= 15 is 0 Å². The van der Waals surface area contributed by atoms with E-state index in [-0.39, 0.29) is 5.97 Å². The molecule has 0 saturated carbocycles. The number of esters is 1. The highest BCUT2D eigenvalue weighted by Gasteiger charge is 2.08. The third-order valence-electron chi connectivity index (χ3n) is 3.00. The van der Waals surface area contributed by atoms with Crippen LogP contribution in [0.25, 0.3) is 0 Å². The number of rotatable bonds is 7. The third-order valence-corrected chi connectivity index (χ3v) is 3.00. The number of carbonyl (C=O) groups is 1. The van der Waals surface area contributed by atoms with Crippen LogP contribution in [0.4, 0.5) is 5.69 Å². The third kappa shape index (κ3) is 4.91. The molecular formula is C15H24N2O2. The number of hydrogen-bond acceptors (Lipinski definition) is 4. The van der Waals surface area contributed by atoms with Crippen molar-refractivity contribution in [3.05, 3.63) is 29.8 Å². The van der Waals surface area contributed by atoms with Crippen LogP contribution in [0.15, 0.2) is 24.3 Å². The summed E-state index contributed by atoms with van der Waals surface area (Å²) in [6.45, 7) is 7.32. The van der Waals surface area contributed by atoms with Gasteiger partial charge in [0.15, 0.2) is 0 Å². The molecule has 1 rings (SSSR count). The molecule has 0 aromatic heterocycles. The summed E-state index contributed by atoms with van der Waals surface area (Å²) in [6, 6.07) is 7.59. The van der Waals surface area contributed by atoms with Crippen LogP contribution in [0.1, 0.15) is 24.2 Å². The fourth-order valence-corrected chi connectivity index (χ4v) is 1.80. The van der Waals surface area contributed by atoms with E-state index in [0.717, 1.165) is 25.3 Å². The first-order valence-corrected chi connectivity index (χ1v) is 6.75. The van der Waals surface area contributed by atoms with Gasteiger partial charge < -0.3 is 14.5 Å². The minimum absolute atomic E-state index is 0.257. The van der Waals surface area contributed by atoms with Gasteiger partial charge in [-0.2, -0.15) is 0 Å². The van der Waals surface area contributed by atoms with Crippen LogP contribution in [0, 0.1) is 0 Å². The van der Waals surface area contributed by atoms with Crippen LogP contribution in [-0.2, 0) is 4.74 Å². The Morgan fingerprint density at radius 1 is 1.11 bits per heavy atom. The van der Waals surface area contributed by atoms with E-state index in [0.29, 0.717) is 12.2 Å². The Kier molecular flexibility index (Phi) is 6.36. The largest absolute Gasteiger partial charge is 0.461 e. The molecule has 0 bridgehead atoms. The van der Waals surface area contributed by atoms with E-state index in [2.05, 4.69) is 18.7 Å². The maximum absolute atomic E-state index is 11.8. The Bertz CT molecular complexity index is 384. The lowest BCUT2D eigenvalue weighted by molar-refractivity contribution is 0.0482. The van der Waals surface area contributed by atoms with Crippen LogP contribution in [-0.4, -0.2) is 51.2 Å². The molecule has 0 N–H and O–H groups in total. The molecule has 106 valence electrons. The van der Waals surface area contributed by atoms with E-state index < -0.39 is 0 Å². The summed E-state index contributed by atoms with van der Waals surface area (Å²) in [4.78, 5) is 16.0. The Balaban J connectivity index is 2.58. The van der Waals surface area contributed by atoms with Gasteiger partial charge in [0.2, 0.25) is 0 Å². The highest BCUT2D eigenvalue weighted by molar-refractivity contribution is 5.89. The summed E-state index contributed by atoms with van der Waals surface area (Å²) in [5.74, 6) is -0.257. The first-order valence-electron chi connectivity index (χ1n) is 6.75. The lowest BCUT2D eigenvalue weighted by Crippen LogP contribution is -2.22. The molecule has 0 aliphatic heterocycles. The summed E-state index contributed by atoms with van der Waals surface area (Å²) in [5.41, 5.74) is 1.74. The number of likely N-dealkylation sites (N-methyl/N-ethyl adjacent to an activating group) is 1. The van der Waals surface area contributed by atoms with Gasteiger partial charge in [0, 0.05) is 25.3 Å². The van der Waals surface area contributed by atoms with E-state index in [4.69, 9.17) is 4.74 Å². The zero-order valence-electron chi connectivity index (χ0n) is 12.3. The number of carbonyl (C=O) groups excluding carboxylic acids is 1. The number of anilines is 1. The van der Waals surface area contributed by atoms with Crippen LogP contribution in [0.2, 0.25) is 0 Å². The second-order valence-electron chi connectivity index (χ2n) is 4.66. The quantitative estimate of drug-likeness (QED) is 0.707. The van der Waals surface area contributed by atoms with Crippen LogP contribution in [0.3, 0.4) is 0 Å². The van der Waals surface area contributed by atoms with Gasteiger partial charge in [-0.15, -0.1) is 0 Å². The van der Waals surface area contributed by atoms with Crippen molar-refractivity contribution in [2.45, 2.75) is 13.8 Å². The SMILES string of the molecule is CCN(CC)c1ccc(C(=O)OCCN(C)C)cc1. The summed E-state index contributed by atoms with van der Waals surface area (Å²) in [7, 11) is 3.90. The van der Waals surface area contributed by atoms with Gasteiger partial charge in [0.1, 0.15) is 6.61 Å². The molecule has 19 heavy (non-hydrogen) atoms. The first-order chi connectivity index (χ1) is 9.08. The predicted octanol–water partition coefficient (Wildman–Crippen LogP) is 2.25. The standard InChI is InChI=1S/C15H24N2O2/c1-5-17(6-2)14-9-7-13(8-10-14)15(18)19-12-11-16(3)4/h7-10H,5-6,11-12H2,1-4H3. The Hall–Kier alpha value is -1.55. The van der Waals surface area contributed by atoms with Crippen molar-refractivity contribution in [2.75, 3.05) is 45.2 Å². The molecule has 0 heterocycles. The number of nitrogens with zero attached hydrogens (tertiary/aromatic N) is 2. The molecule has 0 unspecified atom stereocenters. The second-order valence-corrected chi connectivity index (χ2v) is 4.66. The minimum Gasteiger partial charge on any atom is -0.461 e. The Morgan fingerprint density at radius 2 is 1.68 bits per heavy atom. The summed E-state index contributed by atoms with van der Waals surface area (Å²) in [5, 5.41) is 0. The summed E-state index contributed by atoms with van der Waals surface area (Å²) >= 11 is 0. The number of ether oxygens (including phenoxy) is 1. The van der Waals surface area contributed by atoms with Crippen molar-refractivity contribution in [1.82, 2.24) is 4.90 Å². The fraction of sp³-hybridized carbons (Fsp3) is 0.533. The van der Waals surface area contributed by atoms with E-state index in [9.17, 15) is 4.79 Å². The minimum atomic E-state index is -0.257. The average Bonchev–Trinajstić information content (AvgIpc) is 2.40. The molecule has 4 nitrogen and oxygen atoms in total. The first kappa shape index (κ1) is 15.5. The molecule has 0 radical (unpaired) electrons. The van der Waals surface area contributed by atoms with Gasteiger partial charge in [-0.3, -0.25) is 0 Å². The molecule has 0 spiro atoms. The van der Waals surface area contributed by atoms with E-state index in [1.54, 1.807) is 0 Å². The molecule has 0 atom stereocenters. The lowest BCUT2D eigenvalue weighted by Gasteiger charge is -2.21. The van der Waals surface area contributed by atoms with Crippen LogP contribution >= 0.6 is 0 Å². The van der Waals surface area contributed by atoms with Crippen molar-refractivity contribution in [2.24, 2.45) is 0 Å². The molecule has 0 saturated heterocycles. The van der Waals surface area contributed by atoms with Crippen molar-refractivity contribution in [3.63, 3.8) is 0 Å². The monoisotopic (exact) mass is 264 g/mol. The molecule has 1 aromatic carbocycles. The number of hydrogen-bond donors (Lipinski definition) is 0. The lowest BCUT2D eigenvalue weighted by atomic mass is 10.2. The smallest absolute Gasteiger partial charge is 0.338 e. The van der Waals surface area contributed by atoms with Crippen molar-refractivity contribution in [1.29, 1.82) is 0 Å². The van der Waals surface area contributed by atoms with Gasteiger partial charge in [-0.05, 0) is 52.2 Å². The van der Waals surface area contributed by atoms with Gasteiger partial charge in [-0.1, -0.05) is 0 Å². The molecule has 0 amide bonds. The molecule has 1 aromatic rings. The van der Waals surface area contributed by atoms with Gasteiger partial charge >= 0.3 is 5.97 Å². The van der Waals surface area contributed by atoms with Gasteiger partial charge in [0.25, 0.3) is 0 Å². The highest BCUT2D eigenvalue weighted by atomic mass is 16.5.